The first-order valence-electron chi connectivity index (χ1n) is 9.05. The van der Waals surface area contributed by atoms with Gasteiger partial charge in [-0.1, -0.05) is 18.2 Å². The van der Waals surface area contributed by atoms with Crippen LogP contribution in [0.5, 0.6) is 5.75 Å². The number of carbonyl (C=O) groups excluding carboxylic acids is 1. The smallest absolute Gasteiger partial charge is 0.321 e. The lowest BCUT2D eigenvalue weighted by atomic mass is 10.1. The van der Waals surface area contributed by atoms with Crippen molar-refractivity contribution in [3.63, 3.8) is 0 Å². The van der Waals surface area contributed by atoms with E-state index >= 15 is 0 Å². The molecule has 1 aliphatic heterocycles. The molecule has 6 heteroatoms. The van der Waals surface area contributed by atoms with Crippen LogP contribution in [-0.4, -0.2) is 35.1 Å². The van der Waals surface area contributed by atoms with Gasteiger partial charge in [-0.3, -0.25) is 0 Å². The molecule has 1 N–H and O–H groups in total. The Bertz CT molecular complexity index is 855. The van der Waals surface area contributed by atoms with Crippen LogP contribution in [0.1, 0.15) is 12.8 Å². The van der Waals surface area contributed by atoms with E-state index in [-0.39, 0.29) is 12.1 Å². The molecular weight excluding hydrogens is 342 g/mol. The van der Waals surface area contributed by atoms with Crippen LogP contribution >= 0.6 is 0 Å². The molecule has 0 atom stereocenters. The largest absolute Gasteiger partial charge is 0.490 e. The van der Waals surface area contributed by atoms with Gasteiger partial charge in [0.25, 0.3) is 0 Å². The van der Waals surface area contributed by atoms with Crippen LogP contribution in [0.2, 0.25) is 0 Å². The summed E-state index contributed by atoms with van der Waals surface area (Å²) in [4.78, 5) is 18.4. The van der Waals surface area contributed by atoms with Crippen molar-refractivity contribution in [2.45, 2.75) is 18.9 Å². The quantitative estimate of drug-likeness (QED) is 0.745. The van der Waals surface area contributed by atoms with Crippen LogP contribution in [0.3, 0.4) is 0 Å². The number of hydrogen-bond donors (Lipinski definition) is 1. The van der Waals surface area contributed by atoms with Crippen LogP contribution in [0.25, 0.3) is 11.5 Å². The van der Waals surface area contributed by atoms with E-state index in [1.54, 1.807) is 6.20 Å². The van der Waals surface area contributed by atoms with Crippen molar-refractivity contribution in [3.8, 4) is 17.2 Å². The van der Waals surface area contributed by atoms with Gasteiger partial charge in [-0.15, -0.1) is 0 Å². The molecule has 0 bridgehead atoms. The molecule has 4 rings (SSSR count). The van der Waals surface area contributed by atoms with Crippen LogP contribution in [0.15, 0.2) is 71.5 Å². The molecule has 138 valence electrons. The topological polar surface area (TPSA) is 67.6 Å². The molecule has 2 heterocycles. The van der Waals surface area contributed by atoms with E-state index < -0.39 is 0 Å². The van der Waals surface area contributed by atoms with E-state index in [4.69, 9.17) is 9.15 Å². The fourth-order valence-electron chi connectivity index (χ4n) is 3.13. The minimum Gasteiger partial charge on any atom is -0.490 e. The number of ether oxygens (including phenoxy) is 1. The first kappa shape index (κ1) is 17.1. The number of oxazole rings is 1. The SMILES string of the molecule is O=C(Nc1ccc(-c2ncco2)cc1)N1CCC(Oc2ccccc2)CC1. The van der Waals surface area contributed by atoms with Gasteiger partial charge in [-0.05, 0) is 36.4 Å². The Morgan fingerprint density at radius 3 is 2.48 bits per heavy atom. The van der Waals surface area contributed by atoms with Crippen molar-refractivity contribution in [1.29, 1.82) is 0 Å². The third kappa shape index (κ3) is 4.28. The van der Waals surface area contributed by atoms with Crippen LogP contribution in [0, 0.1) is 0 Å². The lowest BCUT2D eigenvalue weighted by Gasteiger charge is -2.32. The van der Waals surface area contributed by atoms with Crippen LogP contribution in [0.4, 0.5) is 10.5 Å². The molecule has 2 aromatic carbocycles. The summed E-state index contributed by atoms with van der Waals surface area (Å²) >= 11 is 0. The zero-order valence-corrected chi connectivity index (χ0v) is 14.9. The molecule has 3 aromatic rings. The van der Waals surface area contributed by atoms with E-state index in [9.17, 15) is 4.79 Å². The van der Waals surface area contributed by atoms with E-state index in [1.165, 1.54) is 6.26 Å². The number of para-hydroxylation sites is 1. The fraction of sp³-hybridized carbons (Fsp3) is 0.238. The van der Waals surface area contributed by atoms with Gasteiger partial charge in [0.05, 0.1) is 6.20 Å². The van der Waals surface area contributed by atoms with E-state index in [0.29, 0.717) is 19.0 Å². The second-order valence-corrected chi connectivity index (χ2v) is 6.46. The van der Waals surface area contributed by atoms with Gasteiger partial charge in [-0.25, -0.2) is 9.78 Å². The number of aromatic nitrogens is 1. The average molecular weight is 363 g/mol. The van der Waals surface area contributed by atoms with Crippen molar-refractivity contribution < 1.29 is 13.9 Å². The average Bonchev–Trinajstić information content (AvgIpc) is 3.25. The summed E-state index contributed by atoms with van der Waals surface area (Å²) < 4.78 is 11.2. The molecular formula is C21H21N3O3. The maximum Gasteiger partial charge on any atom is 0.321 e. The molecule has 0 saturated carbocycles. The Kier molecular flexibility index (Phi) is 5.05. The second-order valence-electron chi connectivity index (χ2n) is 6.46. The van der Waals surface area contributed by atoms with Gasteiger partial charge in [0.15, 0.2) is 0 Å². The number of hydrogen-bond acceptors (Lipinski definition) is 4. The van der Waals surface area contributed by atoms with Crippen molar-refractivity contribution in [3.05, 3.63) is 67.1 Å². The minimum absolute atomic E-state index is 0.0861. The molecule has 1 saturated heterocycles. The standard InChI is InChI=1S/C21H21N3O3/c25-21(23-17-8-6-16(7-9-17)20-22-12-15-26-20)24-13-10-19(11-14-24)27-18-4-2-1-3-5-18/h1-9,12,15,19H,10-11,13-14H2,(H,23,25). The first-order chi connectivity index (χ1) is 13.3. The summed E-state index contributed by atoms with van der Waals surface area (Å²) in [5, 5.41) is 2.94. The lowest BCUT2D eigenvalue weighted by molar-refractivity contribution is 0.115. The van der Waals surface area contributed by atoms with Gasteiger partial charge in [0.1, 0.15) is 18.1 Å². The monoisotopic (exact) mass is 363 g/mol. The highest BCUT2D eigenvalue weighted by atomic mass is 16.5. The second kappa shape index (κ2) is 7.95. The lowest BCUT2D eigenvalue weighted by Crippen LogP contribution is -2.43. The van der Waals surface area contributed by atoms with Gasteiger partial charge < -0.3 is 19.4 Å². The molecule has 2 amide bonds. The molecule has 0 aliphatic carbocycles. The number of likely N-dealkylation sites (tertiary alicyclic amines) is 1. The Labute approximate surface area is 157 Å². The fourth-order valence-corrected chi connectivity index (χ4v) is 3.13. The van der Waals surface area contributed by atoms with Crippen molar-refractivity contribution in [2.75, 3.05) is 18.4 Å². The summed E-state index contributed by atoms with van der Waals surface area (Å²) in [7, 11) is 0. The number of carbonyl (C=O) groups is 1. The molecule has 1 fully saturated rings. The van der Waals surface area contributed by atoms with E-state index in [0.717, 1.165) is 29.8 Å². The summed E-state index contributed by atoms with van der Waals surface area (Å²) in [5.74, 6) is 1.44. The number of piperidine rings is 1. The van der Waals surface area contributed by atoms with Crippen molar-refractivity contribution in [1.82, 2.24) is 9.88 Å². The normalized spacial score (nSPS) is 14.7. The van der Waals surface area contributed by atoms with Crippen LogP contribution in [-0.2, 0) is 0 Å². The highest BCUT2D eigenvalue weighted by molar-refractivity contribution is 5.89. The van der Waals surface area contributed by atoms with Gasteiger partial charge >= 0.3 is 6.03 Å². The zero-order valence-electron chi connectivity index (χ0n) is 14.9. The summed E-state index contributed by atoms with van der Waals surface area (Å²) in [6.07, 6.45) is 4.94. The predicted molar refractivity (Wildman–Crippen MR) is 103 cm³/mol. The highest BCUT2D eigenvalue weighted by Crippen LogP contribution is 2.21. The molecule has 1 aromatic heterocycles. The molecule has 0 radical (unpaired) electrons. The Balaban J connectivity index is 1.28. The Morgan fingerprint density at radius 2 is 1.81 bits per heavy atom. The number of amides is 2. The number of benzene rings is 2. The number of nitrogens with zero attached hydrogens (tertiary/aromatic N) is 2. The maximum absolute atomic E-state index is 12.5. The Morgan fingerprint density at radius 1 is 1.07 bits per heavy atom. The number of urea groups is 1. The molecule has 6 nitrogen and oxygen atoms in total. The first-order valence-corrected chi connectivity index (χ1v) is 9.05. The van der Waals surface area contributed by atoms with Crippen molar-refractivity contribution in [2.24, 2.45) is 0 Å². The van der Waals surface area contributed by atoms with Gasteiger partial charge in [0, 0.05) is 37.2 Å². The number of anilines is 1. The van der Waals surface area contributed by atoms with Crippen molar-refractivity contribution >= 4 is 11.7 Å². The third-order valence-corrected chi connectivity index (χ3v) is 4.59. The number of nitrogens with one attached hydrogen (secondary N) is 1. The van der Waals surface area contributed by atoms with Crippen LogP contribution < -0.4 is 10.1 Å². The third-order valence-electron chi connectivity index (χ3n) is 4.59. The molecule has 1 aliphatic rings. The minimum atomic E-state index is -0.0861. The molecule has 0 spiro atoms. The number of rotatable bonds is 4. The van der Waals surface area contributed by atoms with E-state index in [1.807, 2.05) is 59.5 Å². The maximum atomic E-state index is 12.5. The van der Waals surface area contributed by atoms with Gasteiger partial charge in [-0.2, -0.15) is 0 Å². The molecule has 0 unspecified atom stereocenters. The summed E-state index contributed by atoms with van der Waals surface area (Å²) in [6, 6.07) is 17.2. The summed E-state index contributed by atoms with van der Waals surface area (Å²) in [5.41, 5.74) is 1.62. The highest BCUT2D eigenvalue weighted by Gasteiger charge is 2.24. The Hall–Kier alpha value is -3.28. The summed E-state index contributed by atoms with van der Waals surface area (Å²) in [6.45, 7) is 1.36. The van der Waals surface area contributed by atoms with Gasteiger partial charge in [0.2, 0.25) is 5.89 Å². The van der Waals surface area contributed by atoms with E-state index in [2.05, 4.69) is 10.3 Å². The zero-order chi connectivity index (χ0) is 18.5. The predicted octanol–water partition coefficient (Wildman–Crippen LogP) is 4.42. The molecule has 27 heavy (non-hydrogen) atoms.